The van der Waals surface area contributed by atoms with Crippen LogP contribution in [0.4, 0.5) is 0 Å². The number of amides is 2. The van der Waals surface area contributed by atoms with Gasteiger partial charge in [-0.2, -0.15) is 0 Å². The van der Waals surface area contributed by atoms with E-state index in [-0.39, 0.29) is 11.8 Å². The minimum Gasteiger partial charge on any atom is -0.357 e. The average molecular weight is 445 g/mol. The van der Waals surface area contributed by atoms with Gasteiger partial charge in [-0.15, -0.1) is 0 Å². The fourth-order valence-electron chi connectivity index (χ4n) is 4.53. The third-order valence-corrected chi connectivity index (χ3v) is 6.39. The van der Waals surface area contributed by atoms with Crippen LogP contribution in [0.15, 0.2) is 6.08 Å². The summed E-state index contributed by atoms with van der Waals surface area (Å²) in [5, 5.41) is 5.62. The number of carbonyl (C=O) groups excluding carboxylic acids is 2. The highest BCUT2D eigenvalue weighted by molar-refractivity contribution is 5.97. The van der Waals surface area contributed by atoms with Crippen LogP contribution in [0.1, 0.15) is 68.5 Å². The molecular formula is C24H40N6O2. The molecule has 0 aliphatic carbocycles. The molecule has 0 radical (unpaired) electrons. The predicted molar refractivity (Wildman–Crippen MR) is 127 cm³/mol. The molecule has 8 nitrogen and oxygen atoms in total. The lowest BCUT2D eigenvalue weighted by molar-refractivity contribution is -0.124. The standard InChI is InChI=1S/C24H40N6O2/c1-24(2,3)21(23(32)25-4)27-22(31)20-18-17-28(5)12-10-16-30(18)19(26-20)11-9-15-29-13-7-6-8-14-29/h9,11,21H,6-8,10,12-17H2,1-5H3,(H,25,32)(H,27,31)/b11-9+/t21-/m1/s1. The summed E-state index contributed by atoms with van der Waals surface area (Å²) in [5.41, 5.74) is 0.930. The summed E-state index contributed by atoms with van der Waals surface area (Å²) in [6.07, 6.45) is 9.09. The van der Waals surface area contributed by atoms with Gasteiger partial charge in [-0.3, -0.25) is 14.5 Å². The highest BCUT2D eigenvalue weighted by Crippen LogP contribution is 2.23. The second-order valence-electron chi connectivity index (χ2n) is 10.2. The predicted octanol–water partition coefficient (Wildman–Crippen LogP) is 2.11. The quantitative estimate of drug-likeness (QED) is 0.702. The number of piperidine rings is 1. The molecule has 3 heterocycles. The number of likely N-dealkylation sites (N-methyl/N-ethyl adjacent to an activating group) is 1. The Balaban J connectivity index is 1.86. The van der Waals surface area contributed by atoms with Gasteiger partial charge in [-0.25, -0.2) is 4.98 Å². The summed E-state index contributed by atoms with van der Waals surface area (Å²) in [6, 6.07) is -0.640. The molecule has 2 aliphatic heterocycles. The summed E-state index contributed by atoms with van der Waals surface area (Å²) >= 11 is 0. The molecule has 1 aromatic rings. The van der Waals surface area contributed by atoms with E-state index in [2.05, 4.69) is 44.2 Å². The Kier molecular flexibility index (Phi) is 8.11. The molecule has 3 rings (SSSR count). The third kappa shape index (κ3) is 5.98. The van der Waals surface area contributed by atoms with Gasteiger partial charge in [0.1, 0.15) is 11.9 Å². The van der Waals surface area contributed by atoms with E-state index in [1.807, 2.05) is 20.8 Å². The van der Waals surface area contributed by atoms with Crippen LogP contribution in [0.2, 0.25) is 0 Å². The molecule has 1 saturated heterocycles. The van der Waals surface area contributed by atoms with Gasteiger partial charge in [0, 0.05) is 26.7 Å². The maximum absolute atomic E-state index is 13.3. The molecule has 0 spiro atoms. The average Bonchev–Trinajstić information content (AvgIpc) is 2.96. The van der Waals surface area contributed by atoms with Crippen molar-refractivity contribution in [2.75, 3.05) is 40.3 Å². The Labute approximate surface area is 192 Å². The van der Waals surface area contributed by atoms with Crippen LogP contribution >= 0.6 is 0 Å². The second-order valence-corrected chi connectivity index (χ2v) is 10.2. The fourth-order valence-corrected chi connectivity index (χ4v) is 4.53. The third-order valence-electron chi connectivity index (χ3n) is 6.39. The highest BCUT2D eigenvalue weighted by Gasteiger charge is 2.34. The lowest BCUT2D eigenvalue weighted by Crippen LogP contribution is -2.53. The van der Waals surface area contributed by atoms with Crippen LogP contribution in [0.3, 0.4) is 0 Å². The molecule has 0 unspecified atom stereocenters. The van der Waals surface area contributed by atoms with Crippen molar-refractivity contribution in [2.45, 2.75) is 65.6 Å². The maximum atomic E-state index is 13.3. The smallest absolute Gasteiger partial charge is 0.272 e. The van der Waals surface area contributed by atoms with Crippen molar-refractivity contribution < 1.29 is 9.59 Å². The number of imidazole rings is 1. The molecule has 1 aromatic heterocycles. The number of fused-ring (bicyclic) bond motifs is 1. The first-order chi connectivity index (χ1) is 15.2. The van der Waals surface area contributed by atoms with Crippen LogP contribution in [0.25, 0.3) is 6.08 Å². The van der Waals surface area contributed by atoms with Gasteiger partial charge in [0.05, 0.1) is 5.69 Å². The van der Waals surface area contributed by atoms with Crippen LogP contribution < -0.4 is 10.6 Å². The number of hydrogen-bond donors (Lipinski definition) is 2. The lowest BCUT2D eigenvalue weighted by atomic mass is 9.86. The van der Waals surface area contributed by atoms with E-state index in [0.29, 0.717) is 12.2 Å². The first kappa shape index (κ1) is 24.5. The fraction of sp³-hybridized carbons (Fsp3) is 0.708. The van der Waals surface area contributed by atoms with Crippen LogP contribution in [-0.2, 0) is 17.9 Å². The number of likely N-dealkylation sites (tertiary alicyclic amines) is 1. The maximum Gasteiger partial charge on any atom is 0.272 e. The molecule has 8 heteroatoms. The van der Waals surface area contributed by atoms with Crippen molar-refractivity contribution in [1.82, 2.24) is 30.0 Å². The SMILES string of the molecule is CNC(=O)[C@@H](NC(=O)c1nc(/C=C/CN2CCCCC2)n2c1CN(C)CCC2)C(C)(C)C. The number of aromatic nitrogens is 2. The van der Waals surface area contributed by atoms with Crippen LogP contribution in [0.5, 0.6) is 0 Å². The van der Waals surface area contributed by atoms with Gasteiger partial charge >= 0.3 is 0 Å². The monoisotopic (exact) mass is 444 g/mol. The van der Waals surface area contributed by atoms with Crippen molar-refractivity contribution in [2.24, 2.45) is 5.41 Å². The summed E-state index contributed by atoms with van der Waals surface area (Å²) in [5.74, 6) is 0.336. The molecule has 1 atom stereocenters. The second kappa shape index (κ2) is 10.6. The number of nitrogens with one attached hydrogen (secondary N) is 2. The van der Waals surface area contributed by atoms with Gasteiger partial charge < -0.3 is 20.1 Å². The largest absolute Gasteiger partial charge is 0.357 e. The van der Waals surface area contributed by atoms with Gasteiger partial charge in [-0.1, -0.05) is 33.3 Å². The normalized spacial score (nSPS) is 19.4. The van der Waals surface area contributed by atoms with Crippen molar-refractivity contribution in [1.29, 1.82) is 0 Å². The molecule has 0 saturated carbocycles. The molecular weight excluding hydrogens is 404 g/mol. The lowest BCUT2D eigenvalue weighted by Gasteiger charge is -2.29. The molecule has 1 fully saturated rings. The highest BCUT2D eigenvalue weighted by atomic mass is 16.2. The van der Waals surface area contributed by atoms with E-state index in [4.69, 9.17) is 4.98 Å². The van der Waals surface area contributed by atoms with Crippen molar-refractivity contribution >= 4 is 17.9 Å². The number of hydrogen-bond acceptors (Lipinski definition) is 5. The number of rotatable bonds is 6. The van der Waals surface area contributed by atoms with E-state index in [1.54, 1.807) is 7.05 Å². The zero-order chi connectivity index (χ0) is 23.3. The van der Waals surface area contributed by atoms with Crippen LogP contribution in [-0.4, -0.2) is 77.5 Å². The van der Waals surface area contributed by atoms with Crippen molar-refractivity contribution in [3.63, 3.8) is 0 Å². The Morgan fingerprint density at radius 3 is 2.47 bits per heavy atom. The molecule has 0 bridgehead atoms. The Morgan fingerprint density at radius 2 is 1.81 bits per heavy atom. The van der Waals surface area contributed by atoms with Gasteiger partial charge in [-0.05, 0) is 57.4 Å². The van der Waals surface area contributed by atoms with Crippen molar-refractivity contribution in [3.05, 3.63) is 23.3 Å². The van der Waals surface area contributed by atoms with Gasteiger partial charge in [0.15, 0.2) is 5.69 Å². The Bertz CT molecular complexity index is 832. The topological polar surface area (TPSA) is 82.5 Å². The summed E-state index contributed by atoms with van der Waals surface area (Å²) in [6.45, 7) is 11.5. The molecule has 32 heavy (non-hydrogen) atoms. The molecule has 178 valence electrons. The summed E-state index contributed by atoms with van der Waals surface area (Å²) in [7, 11) is 3.66. The minimum atomic E-state index is -0.640. The first-order valence-electron chi connectivity index (χ1n) is 11.9. The minimum absolute atomic E-state index is 0.199. The zero-order valence-corrected chi connectivity index (χ0v) is 20.4. The first-order valence-corrected chi connectivity index (χ1v) is 11.9. The summed E-state index contributed by atoms with van der Waals surface area (Å²) in [4.78, 5) is 35.2. The molecule has 2 N–H and O–H groups in total. The van der Waals surface area contributed by atoms with E-state index in [0.717, 1.165) is 50.7 Å². The number of nitrogens with zero attached hydrogens (tertiary/aromatic N) is 4. The van der Waals surface area contributed by atoms with Crippen molar-refractivity contribution in [3.8, 4) is 0 Å². The Hall–Kier alpha value is -2.19. The molecule has 2 amide bonds. The Morgan fingerprint density at radius 1 is 1.09 bits per heavy atom. The zero-order valence-electron chi connectivity index (χ0n) is 20.4. The summed E-state index contributed by atoms with van der Waals surface area (Å²) < 4.78 is 2.18. The van der Waals surface area contributed by atoms with E-state index < -0.39 is 11.5 Å². The number of carbonyl (C=O) groups is 2. The van der Waals surface area contributed by atoms with Gasteiger partial charge in [0.25, 0.3) is 5.91 Å². The molecule has 2 aliphatic rings. The molecule has 0 aromatic carbocycles. The van der Waals surface area contributed by atoms with E-state index in [9.17, 15) is 9.59 Å². The van der Waals surface area contributed by atoms with E-state index >= 15 is 0 Å². The van der Waals surface area contributed by atoms with Gasteiger partial charge in [0.2, 0.25) is 5.91 Å². The van der Waals surface area contributed by atoms with Crippen LogP contribution in [0, 0.1) is 5.41 Å². The van der Waals surface area contributed by atoms with E-state index in [1.165, 1.54) is 19.3 Å².